The molecular weight excluding hydrogens is 371 g/mol. The number of rotatable bonds is 6. The van der Waals surface area contributed by atoms with Crippen LogP contribution in [0.3, 0.4) is 0 Å². The highest BCUT2D eigenvalue weighted by molar-refractivity contribution is 5.85. The van der Waals surface area contributed by atoms with Gasteiger partial charge < -0.3 is 15.5 Å². The average Bonchev–Trinajstić information content (AvgIpc) is 3.11. The van der Waals surface area contributed by atoms with E-state index < -0.39 is 6.04 Å². The van der Waals surface area contributed by atoms with Gasteiger partial charge in [-0.05, 0) is 29.3 Å². The van der Waals surface area contributed by atoms with Gasteiger partial charge in [-0.25, -0.2) is 4.39 Å². The van der Waals surface area contributed by atoms with Crippen molar-refractivity contribution >= 4 is 18.3 Å². The number of halogens is 2. The Kier molecular flexibility index (Phi) is 7.04. The molecule has 3 rings (SSSR count). The van der Waals surface area contributed by atoms with Crippen LogP contribution in [0.5, 0.6) is 0 Å². The van der Waals surface area contributed by atoms with Crippen LogP contribution < -0.4 is 11.1 Å². The zero-order valence-corrected chi connectivity index (χ0v) is 15.5. The Morgan fingerprint density at radius 3 is 2.52 bits per heavy atom. The minimum atomic E-state index is -0.481. The number of benzene rings is 2. The van der Waals surface area contributed by atoms with E-state index in [2.05, 4.69) is 15.5 Å². The number of amides is 1. The molecule has 1 heterocycles. The summed E-state index contributed by atoms with van der Waals surface area (Å²) in [5.41, 5.74) is 8.11. The fourth-order valence-corrected chi connectivity index (χ4v) is 2.61. The van der Waals surface area contributed by atoms with Crippen LogP contribution in [0.15, 0.2) is 52.9 Å². The predicted octanol–water partition coefficient (Wildman–Crippen LogP) is 3.18. The van der Waals surface area contributed by atoms with E-state index in [0.29, 0.717) is 18.5 Å². The van der Waals surface area contributed by atoms with Crippen LogP contribution in [0.2, 0.25) is 0 Å². The maximum absolute atomic E-state index is 13.4. The normalized spacial score (nSPS) is 11.5. The first kappa shape index (κ1) is 20.5. The largest absolute Gasteiger partial charge is 0.418 e. The lowest BCUT2D eigenvalue weighted by atomic mass is 10.0. The number of aromatic nitrogens is 2. The van der Waals surface area contributed by atoms with Gasteiger partial charge in [0.05, 0.1) is 0 Å². The van der Waals surface area contributed by atoms with Crippen molar-refractivity contribution in [2.24, 2.45) is 5.73 Å². The van der Waals surface area contributed by atoms with E-state index >= 15 is 0 Å². The number of hydrogen-bond acceptors (Lipinski definition) is 5. The van der Waals surface area contributed by atoms with Crippen molar-refractivity contribution in [3.05, 3.63) is 71.4 Å². The molecule has 0 spiro atoms. The van der Waals surface area contributed by atoms with Crippen LogP contribution in [0, 0.1) is 5.82 Å². The zero-order chi connectivity index (χ0) is 18.5. The summed E-state index contributed by atoms with van der Waals surface area (Å²) in [6.07, 6.45) is 0.481. The van der Waals surface area contributed by atoms with Crippen LogP contribution in [-0.4, -0.2) is 16.1 Å². The molecule has 1 unspecified atom stereocenters. The second-order valence-electron chi connectivity index (χ2n) is 5.93. The molecular formula is C19H20ClFN4O2. The number of hydrogen-bond donors (Lipinski definition) is 2. The summed E-state index contributed by atoms with van der Waals surface area (Å²) in [7, 11) is 0. The molecule has 1 aromatic heterocycles. The maximum atomic E-state index is 13.4. The first-order valence-corrected chi connectivity index (χ1v) is 8.19. The lowest BCUT2D eigenvalue weighted by Gasteiger charge is -2.14. The zero-order valence-electron chi connectivity index (χ0n) is 14.7. The van der Waals surface area contributed by atoms with E-state index in [-0.39, 0.29) is 35.9 Å². The molecule has 0 aliphatic heterocycles. The molecule has 3 N–H and O–H groups in total. The maximum Gasteiger partial charge on any atom is 0.247 e. The Balaban J connectivity index is 0.00000261. The van der Waals surface area contributed by atoms with Gasteiger partial charge in [-0.1, -0.05) is 30.3 Å². The van der Waals surface area contributed by atoms with Gasteiger partial charge in [-0.2, -0.15) is 0 Å². The number of nitrogens with one attached hydrogen (secondary N) is 1. The van der Waals surface area contributed by atoms with Crippen molar-refractivity contribution < 1.29 is 13.6 Å². The molecule has 0 radical (unpaired) electrons. The van der Waals surface area contributed by atoms with E-state index in [1.54, 1.807) is 12.1 Å². The molecule has 0 saturated carbocycles. The second kappa shape index (κ2) is 9.25. The van der Waals surface area contributed by atoms with Gasteiger partial charge in [-0.3, -0.25) is 4.79 Å². The third-order valence-corrected chi connectivity index (χ3v) is 3.89. The molecule has 3 aromatic rings. The van der Waals surface area contributed by atoms with Crippen molar-refractivity contribution in [2.45, 2.75) is 25.9 Å². The highest BCUT2D eigenvalue weighted by Gasteiger charge is 2.21. The molecule has 0 bridgehead atoms. The van der Waals surface area contributed by atoms with Crippen molar-refractivity contribution in [2.75, 3.05) is 0 Å². The highest BCUT2D eigenvalue weighted by Crippen LogP contribution is 2.23. The van der Waals surface area contributed by atoms with Gasteiger partial charge in [0.2, 0.25) is 17.7 Å². The quantitative estimate of drug-likeness (QED) is 0.674. The fourth-order valence-electron chi connectivity index (χ4n) is 2.61. The number of nitrogens with zero attached hydrogens (tertiary/aromatic N) is 2. The van der Waals surface area contributed by atoms with Crippen LogP contribution in [-0.2, 0) is 17.8 Å². The van der Waals surface area contributed by atoms with E-state index in [0.717, 1.165) is 11.1 Å². The van der Waals surface area contributed by atoms with Gasteiger partial charge in [0.1, 0.15) is 11.9 Å². The Labute approximate surface area is 162 Å². The summed E-state index contributed by atoms with van der Waals surface area (Å²) in [4.78, 5) is 11.6. The smallest absolute Gasteiger partial charge is 0.247 e. The van der Waals surface area contributed by atoms with Crippen LogP contribution in [0.1, 0.15) is 30.0 Å². The monoisotopic (exact) mass is 390 g/mol. The van der Waals surface area contributed by atoms with Crippen LogP contribution in [0.25, 0.3) is 11.5 Å². The Morgan fingerprint density at radius 2 is 1.89 bits per heavy atom. The minimum absolute atomic E-state index is 0. The van der Waals surface area contributed by atoms with Gasteiger partial charge in [0.25, 0.3) is 0 Å². The average molecular weight is 391 g/mol. The Morgan fingerprint density at radius 1 is 1.19 bits per heavy atom. The summed E-state index contributed by atoms with van der Waals surface area (Å²) in [6, 6.07) is 13.2. The van der Waals surface area contributed by atoms with Crippen LogP contribution in [0.4, 0.5) is 4.39 Å². The van der Waals surface area contributed by atoms with Crippen molar-refractivity contribution in [1.29, 1.82) is 0 Å². The number of carbonyl (C=O) groups excluding carboxylic acids is 1. The predicted molar refractivity (Wildman–Crippen MR) is 102 cm³/mol. The minimum Gasteiger partial charge on any atom is -0.418 e. The molecule has 1 amide bonds. The summed E-state index contributed by atoms with van der Waals surface area (Å²) in [5, 5.41) is 10.8. The van der Waals surface area contributed by atoms with E-state index in [1.807, 2.05) is 24.3 Å². The molecule has 6 nitrogen and oxygen atoms in total. The van der Waals surface area contributed by atoms with Gasteiger partial charge in [0, 0.05) is 25.5 Å². The van der Waals surface area contributed by atoms with E-state index in [1.165, 1.54) is 19.1 Å². The van der Waals surface area contributed by atoms with Gasteiger partial charge in [0.15, 0.2) is 0 Å². The standard InChI is InChI=1S/C19H19FN4O2.ClH/c1-12(25)22-17(9-13-5-7-14(11-21)8-6-13)19-24-23-18(26-19)15-3-2-4-16(20)10-15;/h2-8,10,17H,9,11,21H2,1H3,(H,22,25);1H. The van der Waals surface area contributed by atoms with Gasteiger partial charge >= 0.3 is 0 Å². The molecule has 0 aliphatic rings. The summed E-state index contributed by atoms with van der Waals surface area (Å²) < 4.78 is 19.1. The summed E-state index contributed by atoms with van der Waals surface area (Å²) >= 11 is 0. The lowest BCUT2D eigenvalue weighted by molar-refractivity contribution is -0.119. The number of carbonyl (C=O) groups is 1. The molecule has 2 aromatic carbocycles. The molecule has 0 saturated heterocycles. The molecule has 27 heavy (non-hydrogen) atoms. The highest BCUT2D eigenvalue weighted by atomic mass is 35.5. The van der Waals surface area contributed by atoms with Crippen molar-refractivity contribution in [1.82, 2.24) is 15.5 Å². The van der Waals surface area contributed by atoms with Gasteiger partial charge in [-0.15, -0.1) is 22.6 Å². The molecule has 0 fully saturated rings. The van der Waals surface area contributed by atoms with Crippen molar-refractivity contribution in [3.8, 4) is 11.5 Å². The van der Waals surface area contributed by atoms with Crippen LogP contribution >= 0.6 is 12.4 Å². The summed E-state index contributed by atoms with van der Waals surface area (Å²) in [5.74, 6) is -0.129. The third-order valence-electron chi connectivity index (χ3n) is 3.89. The second-order valence-corrected chi connectivity index (χ2v) is 5.93. The third kappa shape index (κ3) is 5.35. The lowest BCUT2D eigenvalue weighted by Crippen LogP contribution is -2.28. The number of nitrogens with two attached hydrogens (primary N) is 1. The molecule has 1 atom stereocenters. The van der Waals surface area contributed by atoms with Crippen molar-refractivity contribution in [3.63, 3.8) is 0 Å². The SMILES string of the molecule is CC(=O)NC(Cc1ccc(CN)cc1)c1nnc(-c2cccc(F)c2)o1.Cl. The Hall–Kier alpha value is -2.77. The summed E-state index contributed by atoms with van der Waals surface area (Å²) in [6.45, 7) is 1.89. The Bertz CT molecular complexity index is 899. The molecule has 142 valence electrons. The first-order valence-electron chi connectivity index (χ1n) is 8.19. The molecule has 0 aliphatic carbocycles. The van der Waals surface area contributed by atoms with E-state index in [9.17, 15) is 9.18 Å². The topological polar surface area (TPSA) is 94.0 Å². The fraction of sp³-hybridized carbons (Fsp3) is 0.211. The van der Waals surface area contributed by atoms with E-state index in [4.69, 9.17) is 10.2 Å². The first-order chi connectivity index (χ1) is 12.5. The molecule has 8 heteroatoms.